The Kier molecular flexibility index (Phi) is 4.63. The van der Waals surface area contributed by atoms with E-state index < -0.39 is 11.0 Å². The molecule has 1 unspecified atom stereocenters. The Morgan fingerprint density at radius 1 is 1.18 bits per heavy atom. The Morgan fingerprint density at radius 2 is 1.71 bits per heavy atom. The standard InChI is InChI=1S/C14H21NOS/c1-11(2)13-8-6-12(7-9-13)10-15-17(16)14(3,4)5/h6-11H,1-5H3. The van der Waals surface area contributed by atoms with E-state index in [1.165, 1.54) is 5.56 Å². The van der Waals surface area contributed by atoms with Gasteiger partial charge in [-0.25, -0.2) is 4.21 Å². The van der Waals surface area contributed by atoms with Crippen LogP contribution in [0.5, 0.6) is 0 Å². The first kappa shape index (κ1) is 14.1. The molecule has 94 valence electrons. The number of benzene rings is 1. The van der Waals surface area contributed by atoms with Gasteiger partial charge >= 0.3 is 0 Å². The molecule has 1 rings (SSSR count). The van der Waals surface area contributed by atoms with Crippen molar-refractivity contribution in [3.8, 4) is 0 Å². The molecule has 1 atom stereocenters. The predicted molar refractivity (Wildman–Crippen MR) is 76.0 cm³/mol. The van der Waals surface area contributed by atoms with Gasteiger partial charge in [0.25, 0.3) is 0 Å². The van der Waals surface area contributed by atoms with Crippen LogP contribution in [-0.2, 0) is 11.0 Å². The zero-order valence-corrected chi connectivity index (χ0v) is 12.0. The van der Waals surface area contributed by atoms with E-state index >= 15 is 0 Å². The SMILES string of the molecule is CC(C)c1ccc(C=NS(=O)C(C)(C)C)cc1. The summed E-state index contributed by atoms with van der Waals surface area (Å²) in [4.78, 5) is 0. The first-order chi connectivity index (χ1) is 7.80. The van der Waals surface area contributed by atoms with Gasteiger partial charge in [0.05, 0.1) is 4.75 Å². The van der Waals surface area contributed by atoms with Crippen molar-refractivity contribution in [2.45, 2.75) is 45.3 Å². The molecular weight excluding hydrogens is 230 g/mol. The highest BCUT2D eigenvalue weighted by atomic mass is 32.2. The minimum Gasteiger partial charge on any atom is -0.234 e. The molecule has 2 nitrogen and oxygen atoms in total. The average Bonchev–Trinajstić information content (AvgIpc) is 2.25. The smallest absolute Gasteiger partial charge is 0.144 e. The lowest BCUT2D eigenvalue weighted by atomic mass is 10.0. The van der Waals surface area contributed by atoms with Gasteiger partial charge in [0.1, 0.15) is 11.0 Å². The van der Waals surface area contributed by atoms with Crippen molar-refractivity contribution in [1.29, 1.82) is 0 Å². The molecule has 1 aromatic rings. The molecule has 0 saturated heterocycles. The molecule has 0 aliphatic carbocycles. The average molecular weight is 251 g/mol. The summed E-state index contributed by atoms with van der Waals surface area (Å²) < 4.78 is 15.5. The normalized spacial score (nSPS) is 14.5. The predicted octanol–water partition coefficient (Wildman–Crippen LogP) is 3.69. The Hall–Kier alpha value is -0.960. The Morgan fingerprint density at radius 3 is 2.12 bits per heavy atom. The van der Waals surface area contributed by atoms with Crippen LogP contribution in [0.1, 0.15) is 51.7 Å². The third-order valence-corrected chi connectivity index (χ3v) is 3.77. The lowest BCUT2D eigenvalue weighted by Gasteiger charge is -2.12. The van der Waals surface area contributed by atoms with E-state index in [9.17, 15) is 4.21 Å². The highest BCUT2D eigenvalue weighted by Crippen LogP contribution is 2.15. The Balaban J connectivity index is 2.76. The summed E-state index contributed by atoms with van der Waals surface area (Å²) in [6.07, 6.45) is 1.69. The van der Waals surface area contributed by atoms with Crippen molar-refractivity contribution in [3.05, 3.63) is 35.4 Å². The van der Waals surface area contributed by atoms with Crippen molar-refractivity contribution in [2.24, 2.45) is 4.40 Å². The van der Waals surface area contributed by atoms with Crippen molar-refractivity contribution < 1.29 is 4.21 Å². The van der Waals surface area contributed by atoms with Gasteiger partial charge in [-0.2, -0.15) is 4.40 Å². The van der Waals surface area contributed by atoms with E-state index in [0.29, 0.717) is 5.92 Å². The van der Waals surface area contributed by atoms with Crippen molar-refractivity contribution >= 4 is 17.2 Å². The Labute approximate surface area is 107 Å². The number of hydrogen-bond donors (Lipinski definition) is 0. The zero-order valence-electron chi connectivity index (χ0n) is 11.2. The highest BCUT2D eigenvalue weighted by molar-refractivity contribution is 7.85. The molecule has 17 heavy (non-hydrogen) atoms. The minimum absolute atomic E-state index is 0.297. The fraction of sp³-hybridized carbons (Fsp3) is 0.500. The van der Waals surface area contributed by atoms with Crippen LogP contribution in [0, 0.1) is 0 Å². The maximum atomic E-state index is 11.7. The molecule has 0 N–H and O–H groups in total. The molecule has 0 radical (unpaired) electrons. The monoisotopic (exact) mass is 251 g/mol. The summed E-state index contributed by atoms with van der Waals surface area (Å²) in [5, 5.41) is 0. The maximum absolute atomic E-state index is 11.7. The van der Waals surface area contributed by atoms with Gasteiger partial charge in [0, 0.05) is 6.21 Å². The van der Waals surface area contributed by atoms with Gasteiger partial charge in [-0.1, -0.05) is 38.1 Å². The largest absolute Gasteiger partial charge is 0.234 e. The summed E-state index contributed by atoms with van der Waals surface area (Å²) >= 11 is 0. The molecule has 0 spiro atoms. The fourth-order valence-electron chi connectivity index (χ4n) is 1.23. The first-order valence-corrected chi connectivity index (χ1v) is 6.97. The summed E-state index contributed by atoms with van der Waals surface area (Å²) in [7, 11) is -1.18. The van der Waals surface area contributed by atoms with Crippen LogP contribution < -0.4 is 0 Å². The van der Waals surface area contributed by atoms with Gasteiger partial charge in [-0.15, -0.1) is 0 Å². The van der Waals surface area contributed by atoms with Crippen LogP contribution in [0.3, 0.4) is 0 Å². The number of hydrogen-bond acceptors (Lipinski definition) is 1. The van der Waals surface area contributed by atoms with Crippen LogP contribution in [0.4, 0.5) is 0 Å². The fourth-order valence-corrected chi connectivity index (χ4v) is 1.77. The first-order valence-electron chi connectivity index (χ1n) is 5.86. The molecule has 0 aromatic heterocycles. The Bertz CT molecular complexity index is 413. The van der Waals surface area contributed by atoms with Crippen LogP contribution in [-0.4, -0.2) is 15.2 Å². The minimum atomic E-state index is -1.18. The number of rotatable bonds is 3. The summed E-state index contributed by atoms with van der Waals surface area (Å²) in [6, 6.07) is 8.20. The third kappa shape index (κ3) is 4.43. The van der Waals surface area contributed by atoms with Gasteiger partial charge in [0.2, 0.25) is 0 Å². The lowest BCUT2D eigenvalue weighted by molar-refractivity contribution is 0.651. The third-order valence-electron chi connectivity index (χ3n) is 2.42. The van der Waals surface area contributed by atoms with Crippen LogP contribution in [0.25, 0.3) is 0 Å². The van der Waals surface area contributed by atoms with E-state index in [-0.39, 0.29) is 4.75 Å². The van der Waals surface area contributed by atoms with E-state index in [0.717, 1.165) is 5.56 Å². The van der Waals surface area contributed by atoms with Crippen LogP contribution in [0.2, 0.25) is 0 Å². The molecule has 0 saturated carbocycles. The van der Waals surface area contributed by atoms with Crippen LogP contribution >= 0.6 is 0 Å². The van der Waals surface area contributed by atoms with Crippen LogP contribution in [0.15, 0.2) is 28.7 Å². The molecule has 0 fully saturated rings. The highest BCUT2D eigenvalue weighted by Gasteiger charge is 2.17. The second-order valence-electron chi connectivity index (χ2n) is 5.42. The molecular formula is C14H21NOS. The van der Waals surface area contributed by atoms with E-state index in [2.05, 4.69) is 30.4 Å². The second-order valence-corrected chi connectivity index (χ2v) is 7.35. The topological polar surface area (TPSA) is 29.4 Å². The van der Waals surface area contributed by atoms with Crippen molar-refractivity contribution in [2.75, 3.05) is 0 Å². The van der Waals surface area contributed by atoms with E-state index in [1.807, 2.05) is 32.9 Å². The second kappa shape index (κ2) is 5.58. The lowest BCUT2D eigenvalue weighted by Crippen LogP contribution is -2.19. The van der Waals surface area contributed by atoms with Gasteiger partial charge in [0.15, 0.2) is 0 Å². The van der Waals surface area contributed by atoms with E-state index in [4.69, 9.17) is 0 Å². The summed E-state index contributed by atoms with van der Waals surface area (Å²) in [5.74, 6) is 0.532. The number of nitrogens with zero attached hydrogens (tertiary/aromatic N) is 1. The van der Waals surface area contributed by atoms with E-state index in [1.54, 1.807) is 6.21 Å². The molecule has 0 aliphatic heterocycles. The van der Waals surface area contributed by atoms with Crippen molar-refractivity contribution in [3.63, 3.8) is 0 Å². The summed E-state index contributed by atoms with van der Waals surface area (Å²) in [6.45, 7) is 10.1. The molecule has 0 amide bonds. The van der Waals surface area contributed by atoms with Crippen molar-refractivity contribution in [1.82, 2.24) is 0 Å². The molecule has 0 aliphatic rings. The quantitative estimate of drug-likeness (QED) is 0.753. The van der Waals surface area contributed by atoms with Gasteiger partial charge < -0.3 is 0 Å². The zero-order chi connectivity index (χ0) is 13.1. The summed E-state index contributed by atoms with van der Waals surface area (Å²) in [5.41, 5.74) is 2.30. The van der Waals surface area contributed by atoms with Gasteiger partial charge in [-0.05, 0) is 37.8 Å². The molecule has 0 bridgehead atoms. The molecule has 0 heterocycles. The maximum Gasteiger partial charge on any atom is 0.144 e. The van der Waals surface area contributed by atoms with Gasteiger partial charge in [-0.3, -0.25) is 0 Å². The molecule has 1 aromatic carbocycles. The molecule has 3 heteroatoms.